The molecule has 1 spiro atoms. The number of amides is 2. The van der Waals surface area contributed by atoms with Gasteiger partial charge in [0.2, 0.25) is 11.8 Å². The lowest BCUT2D eigenvalue weighted by Gasteiger charge is -2.45. The first-order valence-electron chi connectivity index (χ1n) is 11.6. The van der Waals surface area contributed by atoms with E-state index in [4.69, 9.17) is 4.74 Å². The number of hydrogen-bond acceptors (Lipinski definition) is 5. The molecule has 2 bridgehead atoms. The number of aliphatic carboxylic acids is 1. The average molecular weight is 529 g/mol. The van der Waals surface area contributed by atoms with Gasteiger partial charge in [0.1, 0.15) is 11.6 Å². The predicted molar refractivity (Wildman–Crippen MR) is 127 cm³/mol. The Kier molecular flexibility index (Phi) is 7.11. The van der Waals surface area contributed by atoms with Gasteiger partial charge in [-0.2, -0.15) is 0 Å². The van der Waals surface area contributed by atoms with Crippen molar-refractivity contribution in [2.75, 3.05) is 19.7 Å². The maximum atomic E-state index is 14.3. The van der Waals surface area contributed by atoms with E-state index in [0.717, 1.165) is 6.42 Å². The van der Waals surface area contributed by atoms with Crippen molar-refractivity contribution < 1.29 is 29.3 Å². The van der Waals surface area contributed by atoms with Crippen molar-refractivity contribution >= 4 is 33.7 Å². The molecule has 0 radical (unpaired) electrons. The van der Waals surface area contributed by atoms with Crippen LogP contribution in [0.2, 0.25) is 0 Å². The minimum Gasteiger partial charge on any atom is -0.481 e. The van der Waals surface area contributed by atoms with Gasteiger partial charge in [-0.1, -0.05) is 42.8 Å². The molecule has 6 atom stereocenters. The summed E-state index contributed by atoms with van der Waals surface area (Å²) < 4.78 is 6.30. The maximum Gasteiger partial charge on any atom is 0.310 e. The molecular formula is C24H37BrN2O6. The first kappa shape index (κ1) is 26.2. The molecular weight excluding hydrogens is 492 g/mol. The number of nitrogens with zero attached hydrogens (tertiary/aromatic N) is 2. The van der Waals surface area contributed by atoms with Crippen molar-refractivity contribution in [2.45, 2.75) is 82.0 Å². The summed E-state index contributed by atoms with van der Waals surface area (Å²) in [4.78, 5) is 42.9. The number of alkyl halides is 1. The van der Waals surface area contributed by atoms with E-state index >= 15 is 0 Å². The second-order valence-corrected chi connectivity index (χ2v) is 12.6. The van der Waals surface area contributed by atoms with E-state index in [2.05, 4.69) is 43.3 Å². The van der Waals surface area contributed by atoms with Crippen molar-refractivity contribution in [3.05, 3.63) is 12.7 Å². The zero-order valence-corrected chi connectivity index (χ0v) is 21.8. The van der Waals surface area contributed by atoms with Crippen LogP contribution in [0.25, 0.3) is 0 Å². The largest absolute Gasteiger partial charge is 0.481 e. The fourth-order valence-corrected chi connectivity index (χ4v) is 7.42. The Morgan fingerprint density at radius 1 is 1.33 bits per heavy atom. The van der Waals surface area contributed by atoms with E-state index in [1.54, 1.807) is 11.0 Å². The van der Waals surface area contributed by atoms with Crippen molar-refractivity contribution in [2.24, 2.45) is 17.3 Å². The third-order valence-electron chi connectivity index (χ3n) is 7.14. The second kappa shape index (κ2) is 8.96. The van der Waals surface area contributed by atoms with Gasteiger partial charge in [0, 0.05) is 30.1 Å². The van der Waals surface area contributed by atoms with Crippen LogP contribution in [-0.4, -0.2) is 85.6 Å². The van der Waals surface area contributed by atoms with E-state index in [1.165, 1.54) is 4.90 Å². The standard InChI is InChI=1S/C24H37BrN2O6/c1-7-9-27(23(5,6)13-22(2,3)4)20(30)18-24-12-14(25)17(33-24)15(21(31)32)16(24)19(29)26(18)10-8-11-28/h7,14-18,28H,1,8-13H2,2-6H3,(H,31,32)/t14?,15-,16-,17-,18?,24?/m0/s1. The SMILES string of the molecule is C=CCN(C(=O)C1N(CCCO)C(=O)[C@@H]2[C@H](C(=O)O)[C@H]3OC12CC3Br)C(C)(C)CC(C)(C)C. The number of carboxylic acid groups (broad SMARTS) is 1. The summed E-state index contributed by atoms with van der Waals surface area (Å²) >= 11 is 3.55. The van der Waals surface area contributed by atoms with Crippen LogP contribution in [-0.2, 0) is 19.1 Å². The average Bonchev–Trinajstić information content (AvgIpc) is 3.25. The van der Waals surface area contributed by atoms with Crippen LogP contribution < -0.4 is 0 Å². The molecule has 3 unspecified atom stereocenters. The number of hydrogen-bond donors (Lipinski definition) is 2. The van der Waals surface area contributed by atoms with E-state index in [9.17, 15) is 24.6 Å². The molecule has 0 aliphatic carbocycles. The fourth-order valence-electron chi connectivity index (χ4n) is 6.48. The van der Waals surface area contributed by atoms with Crippen LogP contribution in [0.15, 0.2) is 12.7 Å². The molecule has 0 aromatic heterocycles. The van der Waals surface area contributed by atoms with Gasteiger partial charge in [0.05, 0.1) is 17.9 Å². The smallest absolute Gasteiger partial charge is 0.310 e. The Hall–Kier alpha value is -1.45. The van der Waals surface area contributed by atoms with Gasteiger partial charge >= 0.3 is 5.97 Å². The number of aliphatic hydroxyl groups excluding tert-OH is 1. The zero-order valence-electron chi connectivity index (χ0n) is 20.2. The number of aliphatic hydroxyl groups is 1. The highest BCUT2D eigenvalue weighted by molar-refractivity contribution is 9.09. The van der Waals surface area contributed by atoms with Crippen LogP contribution >= 0.6 is 15.9 Å². The molecule has 3 fully saturated rings. The van der Waals surface area contributed by atoms with Crippen LogP contribution in [0.1, 0.15) is 53.9 Å². The van der Waals surface area contributed by atoms with Gasteiger partial charge < -0.3 is 24.7 Å². The van der Waals surface area contributed by atoms with E-state index in [-0.39, 0.29) is 35.2 Å². The van der Waals surface area contributed by atoms with E-state index in [0.29, 0.717) is 19.4 Å². The Labute approximate surface area is 204 Å². The monoisotopic (exact) mass is 528 g/mol. The van der Waals surface area contributed by atoms with Crippen LogP contribution in [0.4, 0.5) is 0 Å². The molecule has 186 valence electrons. The number of rotatable bonds is 9. The molecule has 2 amide bonds. The number of ether oxygens (including phenoxy) is 1. The molecule has 3 rings (SSSR count). The Balaban J connectivity index is 2.08. The molecule has 8 nitrogen and oxygen atoms in total. The normalized spacial score (nSPS) is 33.4. The van der Waals surface area contributed by atoms with Crippen LogP contribution in [0.5, 0.6) is 0 Å². The third kappa shape index (κ3) is 4.36. The fraction of sp³-hybridized carbons (Fsp3) is 0.792. The van der Waals surface area contributed by atoms with Crippen molar-refractivity contribution in [1.82, 2.24) is 9.80 Å². The summed E-state index contributed by atoms with van der Waals surface area (Å²) in [5.41, 5.74) is -1.80. The van der Waals surface area contributed by atoms with Gasteiger partial charge in [-0.15, -0.1) is 6.58 Å². The van der Waals surface area contributed by atoms with Gasteiger partial charge in [0.25, 0.3) is 0 Å². The highest BCUT2D eigenvalue weighted by Crippen LogP contribution is 2.60. The first-order chi connectivity index (χ1) is 15.2. The van der Waals surface area contributed by atoms with Gasteiger partial charge in [0.15, 0.2) is 0 Å². The molecule has 3 aliphatic rings. The van der Waals surface area contributed by atoms with Gasteiger partial charge in [-0.05, 0) is 38.5 Å². The van der Waals surface area contributed by atoms with Gasteiger partial charge in [-0.25, -0.2) is 0 Å². The summed E-state index contributed by atoms with van der Waals surface area (Å²) in [7, 11) is 0. The predicted octanol–water partition coefficient (Wildman–Crippen LogP) is 2.43. The summed E-state index contributed by atoms with van der Waals surface area (Å²) in [5, 5.41) is 19.4. The summed E-state index contributed by atoms with van der Waals surface area (Å²) in [6, 6.07) is -0.949. The summed E-state index contributed by atoms with van der Waals surface area (Å²) in [5.74, 6) is -3.65. The molecule has 3 aliphatic heterocycles. The van der Waals surface area contributed by atoms with Crippen LogP contribution in [0.3, 0.4) is 0 Å². The number of carbonyl (C=O) groups is 3. The second-order valence-electron chi connectivity index (χ2n) is 11.4. The quantitative estimate of drug-likeness (QED) is 0.351. The highest BCUT2D eigenvalue weighted by Gasteiger charge is 2.77. The van der Waals surface area contributed by atoms with Crippen molar-refractivity contribution in [1.29, 1.82) is 0 Å². The first-order valence-corrected chi connectivity index (χ1v) is 12.5. The van der Waals surface area contributed by atoms with Gasteiger partial charge in [-0.3, -0.25) is 14.4 Å². The summed E-state index contributed by atoms with van der Waals surface area (Å²) in [6.45, 7) is 14.5. The Bertz CT molecular complexity index is 824. The lowest BCUT2D eigenvalue weighted by molar-refractivity contribution is -0.153. The molecule has 0 aromatic rings. The maximum absolute atomic E-state index is 14.3. The van der Waals surface area contributed by atoms with E-state index in [1.807, 2.05) is 13.8 Å². The van der Waals surface area contributed by atoms with Crippen molar-refractivity contribution in [3.8, 4) is 0 Å². The van der Waals surface area contributed by atoms with E-state index < -0.39 is 41.1 Å². The Morgan fingerprint density at radius 3 is 2.48 bits per heavy atom. The number of halogens is 1. The molecule has 3 saturated heterocycles. The number of carbonyl (C=O) groups excluding carboxylic acids is 2. The minimum absolute atomic E-state index is 0.0518. The van der Waals surface area contributed by atoms with Crippen LogP contribution in [0, 0.1) is 17.3 Å². The van der Waals surface area contributed by atoms with Crippen molar-refractivity contribution in [3.63, 3.8) is 0 Å². The highest BCUT2D eigenvalue weighted by atomic mass is 79.9. The topological polar surface area (TPSA) is 107 Å². The number of likely N-dealkylation sites (tertiary alicyclic amines) is 1. The molecule has 9 heteroatoms. The molecule has 0 aromatic carbocycles. The molecule has 0 saturated carbocycles. The molecule has 3 heterocycles. The minimum atomic E-state index is -1.21. The third-order valence-corrected chi connectivity index (χ3v) is 7.98. The number of carboxylic acids is 1. The lowest BCUT2D eigenvalue weighted by atomic mass is 9.70. The Morgan fingerprint density at radius 2 is 1.97 bits per heavy atom. The zero-order chi connectivity index (χ0) is 24.9. The number of fused-ring (bicyclic) bond motifs is 1. The lowest BCUT2D eigenvalue weighted by Crippen LogP contribution is -2.61. The molecule has 33 heavy (non-hydrogen) atoms. The molecule has 2 N–H and O–H groups in total. The summed E-state index contributed by atoms with van der Waals surface area (Å²) in [6.07, 6.45) is 2.40.